The van der Waals surface area contributed by atoms with Gasteiger partial charge in [-0.1, -0.05) is 19.3 Å². The van der Waals surface area contributed by atoms with Crippen LogP contribution >= 0.6 is 0 Å². The van der Waals surface area contributed by atoms with Crippen LogP contribution in [0.25, 0.3) is 0 Å². The van der Waals surface area contributed by atoms with Gasteiger partial charge in [-0.25, -0.2) is 0 Å². The van der Waals surface area contributed by atoms with E-state index in [4.69, 9.17) is 4.74 Å². The van der Waals surface area contributed by atoms with Crippen LogP contribution in [0.1, 0.15) is 44.9 Å². The zero-order chi connectivity index (χ0) is 12.1. The lowest BCUT2D eigenvalue weighted by Gasteiger charge is -2.33. The predicted octanol–water partition coefficient (Wildman–Crippen LogP) is 1.63. The zero-order valence-electron chi connectivity index (χ0n) is 10.7. The van der Waals surface area contributed by atoms with E-state index in [0.717, 1.165) is 13.0 Å². The summed E-state index contributed by atoms with van der Waals surface area (Å²) in [5.74, 6) is -0.213. The van der Waals surface area contributed by atoms with Gasteiger partial charge in [-0.3, -0.25) is 4.79 Å². The zero-order valence-corrected chi connectivity index (χ0v) is 10.7. The molecule has 0 amide bonds. The number of ether oxygens (including phenoxy) is 2. The molecule has 2 rings (SSSR count). The van der Waals surface area contributed by atoms with Crippen molar-refractivity contribution in [1.29, 1.82) is 0 Å². The average molecular weight is 241 g/mol. The second kappa shape index (κ2) is 5.83. The third-order valence-electron chi connectivity index (χ3n) is 3.97. The van der Waals surface area contributed by atoms with E-state index < -0.39 is 0 Å². The Hall–Kier alpha value is -0.610. The molecular formula is C13H23NO3. The van der Waals surface area contributed by atoms with Crippen LogP contribution in [0.4, 0.5) is 0 Å². The minimum Gasteiger partial charge on any atom is -0.468 e. The van der Waals surface area contributed by atoms with E-state index in [2.05, 4.69) is 10.1 Å². The fourth-order valence-electron chi connectivity index (χ4n) is 3.01. The molecule has 4 heteroatoms. The van der Waals surface area contributed by atoms with Crippen LogP contribution in [0, 0.1) is 0 Å². The van der Waals surface area contributed by atoms with E-state index in [1.54, 1.807) is 0 Å². The lowest BCUT2D eigenvalue weighted by Crippen LogP contribution is -2.36. The normalized spacial score (nSPS) is 27.2. The molecule has 1 spiro atoms. The third-order valence-corrected chi connectivity index (χ3v) is 3.97. The molecule has 1 atom stereocenters. The first-order chi connectivity index (χ1) is 8.24. The van der Waals surface area contributed by atoms with Crippen LogP contribution in [-0.4, -0.2) is 37.9 Å². The van der Waals surface area contributed by atoms with Crippen molar-refractivity contribution in [1.82, 2.24) is 5.32 Å². The molecule has 1 saturated heterocycles. The maximum absolute atomic E-state index is 11.0. The quantitative estimate of drug-likeness (QED) is 0.760. The molecule has 1 unspecified atom stereocenters. The van der Waals surface area contributed by atoms with Gasteiger partial charge in [0.2, 0.25) is 0 Å². The molecule has 1 N–H and O–H groups in total. The van der Waals surface area contributed by atoms with Gasteiger partial charge >= 0.3 is 5.97 Å². The highest BCUT2D eigenvalue weighted by molar-refractivity contribution is 5.71. The summed E-state index contributed by atoms with van der Waals surface area (Å²) >= 11 is 0. The van der Waals surface area contributed by atoms with Crippen LogP contribution < -0.4 is 5.32 Å². The number of hydrogen-bond acceptors (Lipinski definition) is 4. The number of hydrogen-bond donors (Lipinski definition) is 1. The van der Waals surface area contributed by atoms with Crippen LogP contribution in [0.5, 0.6) is 0 Å². The molecule has 2 fully saturated rings. The van der Waals surface area contributed by atoms with Gasteiger partial charge in [0.1, 0.15) is 0 Å². The smallest absolute Gasteiger partial charge is 0.319 e. The van der Waals surface area contributed by atoms with E-state index in [-0.39, 0.29) is 24.2 Å². The molecule has 0 radical (unpaired) electrons. The number of carbonyl (C=O) groups excluding carboxylic acids is 1. The molecule has 1 aliphatic heterocycles. The lowest BCUT2D eigenvalue weighted by molar-refractivity contribution is -0.139. The predicted molar refractivity (Wildman–Crippen MR) is 64.8 cm³/mol. The lowest BCUT2D eigenvalue weighted by atomic mass is 9.83. The molecule has 1 saturated carbocycles. The Kier molecular flexibility index (Phi) is 4.40. The molecule has 0 aromatic carbocycles. The van der Waals surface area contributed by atoms with Crippen molar-refractivity contribution in [2.75, 3.05) is 20.2 Å². The number of rotatable bonds is 4. The topological polar surface area (TPSA) is 47.6 Å². The second-order valence-electron chi connectivity index (χ2n) is 5.23. The Morgan fingerprint density at radius 2 is 2.12 bits per heavy atom. The van der Waals surface area contributed by atoms with E-state index in [1.165, 1.54) is 45.6 Å². The third kappa shape index (κ3) is 3.42. The summed E-state index contributed by atoms with van der Waals surface area (Å²) in [4.78, 5) is 11.0. The summed E-state index contributed by atoms with van der Waals surface area (Å²) in [6.07, 6.45) is 9.01. The molecule has 1 heterocycles. The minimum atomic E-state index is -0.213. The first-order valence-corrected chi connectivity index (χ1v) is 6.69. The number of methoxy groups -OCH3 is 1. The summed E-state index contributed by atoms with van der Waals surface area (Å²) in [7, 11) is 1.41. The maximum Gasteiger partial charge on any atom is 0.319 e. The Labute approximate surface area is 103 Å². The monoisotopic (exact) mass is 241 g/mol. The highest BCUT2D eigenvalue weighted by Crippen LogP contribution is 2.41. The Morgan fingerprint density at radius 1 is 1.35 bits per heavy atom. The first kappa shape index (κ1) is 12.8. The van der Waals surface area contributed by atoms with Crippen LogP contribution in [0.3, 0.4) is 0 Å². The van der Waals surface area contributed by atoms with E-state index in [1.807, 2.05) is 0 Å². The van der Waals surface area contributed by atoms with Gasteiger partial charge < -0.3 is 14.8 Å². The van der Waals surface area contributed by atoms with Gasteiger partial charge in [-0.15, -0.1) is 0 Å². The second-order valence-corrected chi connectivity index (χ2v) is 5.23. The molecule has 0 aromatic rings. The minimum absolute atomic E-state index is 0.176. The summed E-state index contributed by atoms with van der Waals surface area (Å²) in [6, 6.07) is 0. The summed E-state index contributed by atoms with van der Waals surface area (Å²) in [5, 5.41) is 3.10. The summed E-state index contributed by atoms with van der Waals surface area (Å²) in [5.41, 5.74) is 0.176. The molecule has 0 aromatic heterocycles. The molecule has 98 valence electrons. The Morgan fingerprint density at radius 3 is 2.82 bits per heavy atom. The SMILES string of the molecule is COC(=O)CNCC1CCC2(CCCCC2)O1. The number of carbonyl (C=O) groups is 1. The fraction of sp³-hybridized carbons (Fsp3) is 0.923. The maximum atomic E-state index is 11.0. The highest BCUT2D eigenvalue weighted by atomic mass is 16.5. The van der Waals surface area contributed by atoms with Crippen molar-refractivity contribution < 1.29 is 14.3 Å². The van der Waals surface area contributed by atoms with Crippen molar-refractivity contribution in [3.63, 3.8) is 0 Å². The molecule has 17 heavy (non-hydrogen) atoms. The summed E-state index contributed by atoms with van der Waals surface area (Å²) in [6.45, 7) is 1.04. The first-order valence-electron chi connectivity index (χ1n) is 6.69. The molecule has 1 aliphatic carbocycles. The van der Waals surface area contributed by atoms with Gasteiger partial charge in [0.15, 0.2) is 0 Å². The van der Waals surface area contributed by atoms with E-state index in [0.29, 0.717) is 0 Å². The van der Waals surface area contributed by atoms with Crippen molar-refractivity contribution in [3.8, 4) is 0 Å². The van der Waals surface area contributed by atoms with Gasteiger partial charge in [-0.05, 0) is 25.7 Å². The molecule has 2 aliphatic rings. The Balaban J connectivity index is 1.68. The van der Waals surface area contributed by atoms with Crippen LogP contribution in [-0.2, 0) is 14.3 Å². The molecule has 0 bridgehead atoms. The van der Waals surface area contributed by atoms with Gasteiger partial charge in [0.25, 0.3) is 0 Å². The van der Waals surface area contributed by atoms with Gasteiger partial charge in [0.05, 0.1) is 25.4 Å². The largest absolute Gasteiger partial charge is 0.468 e. The molecule has 4 nitrogen and oxygen atoms in total. The standard InChI is InChI=1S/C13H23NO3/c1-16-12(15)10-14-9-11-5-8-13(17-11)6-3-2-4-7-13/h11,14H,2-10H2,1H3. The van der Waals surface area contributed by atoms with E-state index in [9.17, 15) is 4.79 Å². The van der Waals surface area contributed by atoms with Crippen LogP contribution in [0.2, 0.25) is 0 Å². The van der Waals surface area contributed by atoms with Crippen molar-refractivity contribution in [2.45, 2.75) is 56.7 Å². The Bertz CT molecular complexity index is 261. The highest BCUT2D eigenvalue weighted by Gasteiger charge is 2.40. The van der Waals surface area contributed by atoms with Gasteiger partial charge in [-0.2, -0.15) is 0 Å². The fourth-order valence-corrected chi connectivity index (χ4v) is 3.01. The van der Waals surface area contributed by atoms with E-state index >= 15 is 0 Å². The molecular weight excluding hydrogens is 218 g/mol. The van der Waals surface area contributed by atoms with Gasteiger partial charge in [0, 0.05) is 6.54 Å². The van der Waals surface area contributed by atoms with Crippen molar-refractivity contribution >= 4 is 5.97 Å². The number of nitrogens with one attached hydrogen (secondary N) is 1. The average Bonchev–Trinajstić information content (AvgIpc) is 2.73. The van der Waals surface area contributed by atoms with Crippen molar-refractivity contribution in [2.24, 2.45) is 0 Å². The number of esters is 1. The summed E-state index contributed by atoms with van der Waals surface area (Å²) < 4.78 is 10.8. The van der Waals surface area contributed by atoms with Crippen LogP contribution in [0.15, 0.2) is 0 Å². The van der Waals surface area contributed by atoms with Crippen molar-refractivity contribution in [3.05, 3.63) is 0 Å².